The average molecular weight is 170 g/mol. The summed E-state index contributed by atoms with van der Waals surface area (Å²) >= 11 is 0. The minimum Gasteiger partial charge on any atom is -1.00 e. The molecular formula is C3H11KN2Si2. The summed E-state index contributed by atoms with van der Waals surface area (Å²) in [7, 11) is 1.90. The van der Waals surface area contributed by atoms with Crippen LogP contribution < -0.4 is 51.4 Å². The summed E-state index contributed by atoms with van der Waals surface area (Å²) in [6, 6.07) is 1.35. The van der Waals surface area contributed by atoms with Crippen molar-refractivity contribution in [2.24, 2.45) is 0 Å². The third kappa shape index (κ3) is 26.9. The summed E-state index contributed by atoms with van der Waals surface area (Å²) in [6.07, 6.45) is 2.03. The Bertz CT molecular complexity index is 61.0. The Balaban J connectivity index is -0.0000000286. The molecule has 0 radical (unpaired) electrons. The van der Waals surface area contributed by atoms with Crippen LogP contribution in [0.1, 0.15) is 1.43 Å². The minimum absolute atomic E-state index is 0. The SMILES string of the molecule is C=CC[SiH2][SiH3].N#N.[H-].[K+]. The molecule has 0 saturated carbocycles. The molecule has 0 N–H and O–H groups in total. The summed E-state index contributed by atoms with van der Waals surface area (Å²) in [5, 5.41) is 12.0. The first-order valence-corrected chi connectivity index (χ1v) is 8.88. The number of rotatable bonds is 2. The summed E-state index contributed by atoms with van der Waals surface area (Å²) in [4.78, 5) is 0. The van der Waals surface area contributed by atoms with Crippen LogP contribution in [0.2, 0.25) is 6.04 Å². The fourth-order valence-electron chi connectivity index (χ4n) is 0.204. The van der Waals surface area contributed by atoms with Gasteiger partial charge in [-0.1, -0.05) is 6.08 Å². The van der Waals surface area contributed by atoms with Crippen molar-refractivity contribution in [3.8, 4) is 0 Å². The molecular weight excluding hydrogens is 159 g/mol. The molecule has 0 bridgehead atoms. The molecule has 0 aromatic rings. The van der Waals surface area contributed by atoms with Crippen molar-refractivity contribution >= 4 is 18.8 Å². The number of hydrogen-bond donors (Lipinski definition) is 0. The van der Waals surface area contributed by atoms with Crippen LogP contribution >= 0.6 is 0 Å². The first kappa shape index (κ1) is 16.1. The quantitative estimate of drug-likeness (QED) is 0.242. The van der Waals surface area contributed by atoms with Crippen molar-refractivity contribution in [3.05, 3.63) is 12.7 Å². The van der Waals surface area contributed by atoms with Gasteiger partial charge in [0.15, 0.2) is 0 Å². The summed E-state index contributed by atoms with van der Waals surface area (Å²) in [6.45, 7) is 3.61. The van der Waals surface area contributed by atoms with E-state index in [0.717, 1.165) is 0 Å². The van der Waals surface area contributed by atoms with Crippen LogP contribution in [0.3, 0.4) is 0 Å². The molecule has 2 nitrogen and oxygen atoms in total. The van der Waals surface area contributed by atoms with E-state index in [1.165, 1.54) is 15.8 Å². The maximum Gasteiger partial charge on any atom is 1.00 e. The summed E-state index contributed by atoms with van der Waals surface area (Å²) < 4.78 is 0. The molecule has 0 rings (SSSR count). The fraction of sp³-hybridized carbons (Fsp3) is 0.333. The fourth-order valence-corrected chi connectivity index (χ4v) is 1.84. The van der Waals surface area contributed by atoms with E-state index in [0.29, 0.717) is 9.04 Å². The summed E-state index contributed by atoms with van der Waals surface area (Å²) in [5.41, 5.74) is 0. The topological polar surface area (TPSA) is 47.6 Å². The Kier molecular flexibility index (Phi) is 48.4. The van der Waals surface area contributed by atoms with E-state index in [4.69, 9.17) is 10.8 Å². The van der Waals surface area contributed by atoms with Crippen LogP contribution in [0.5, 0.6) is 0 Å². The van der Waals surface area contributed by atoms with Crippen LogP contribution in [0.4, 0.5) is 0 Å². The molecule has 0 aliphatic rings. The molecule has 0 amide bonds. The van der Waals surface area contributed by atoms with Gasteiger partial charge in [-0.15, -0.1) is 6.58 Å². The third-order valence-corrected chi connectivity index (χ3v) is 3.21. The molecule has 8 heavy (non-hydrogen) atoms. The molecule has 0 aliphatic heterocycles. The van der Waals surface area contributed by atoms with E-state index >= 15 is 0 Å². The molecule has 5 heteroatoms. The Morgan fingerprint density at radius 1 is 1.75 bits per heavy atom. The van der Waals surface area contributed by atoms with Crippen LogP contribution in [0.15, 0.2) is 12.7 Å². The van der Waals surface area contributed by atoms with E-state index in [9.17, 15) is 0 Å². The van der Waals surface area contributed by atoms with E-state index in [1.54, 1.807) is 0 Å². The maximum atomic E-state index is 6.00. The summed E-state index contributed by atoms with van der Waals surface area (Å²) in [5.74, 6) is 0. The molecule has 0 spiro atoms. The first-order chi connectivity index (χ1) is 3.41. The Morgan fingerprint density at radius 3 is 2.12 bits per heavy atom. The predicted octanol–water partition coefficient (Wildman–Crippen LogP) is -3.81. The van der Waals surface area contributed by atoms with Gasteiger partial charge in [0.1, 0.15) is 0 Å². The van der Waals surface area contributed by atoms with Crippen molar-refractivity contribution in [1.82, 2.24) is 0 Å². The van der Waals surface area contributed by atoms with Crippen molar-refractivity contribution < 1.29 is 52.8 Å². The Hall–Kier alpha value is 1.23. The van der Waals surface area contributed by atoms with Gasteiger partial charge < -0.3 is 1.43 Å². The first-order valence-electron chi connectivity index (χ1n) is 2.22. The minimum atomic E-state index is 0. The largest absolute Gasteiger partial charge is 1.00 e. The molecule has 0 aromatic carbocycles. The van der Waals surface area contributed by atoms with Crippen LogP contribution in [-0.4, -0.2) is 18.8 Å². The van der Waals surface area contributed by atoms with Gasteiger partial charge in [0, 0.05) is 19.8 Å². The van der Waals surface area contributed by atoms with Gasteiger partial charge in [-0.05, 0) is 15.8 Å². The van der Waals surface area contributed by atoms with Gasteiger partial charge in [0.25, 0.3) is 0 Å². The second-order valence-electron chi connectivity index (χ2n) is 1.08. The molecule has 0 aromatic heterocycles. The van der Waals surface area contributed by atoms with Gasteiger partial charge >= 0.3 is 51.4 Å². The molecule has 0 fully saturated rings. The Labute approximate surface area is 99.5 Å². The second-order valence-corrected chi connectivity index (χ2v) is 5.65. The number of hydrogen-bond acceptors (Lipinski definition) is 2. The molecule has 0 heterocycles. The van der Waals surface area contributed by atoms with Crippen molar-refractivity contribution in [1.29, 1.82) is 10.8 Å². The van der Waals surface area contributed by atoms with Gasteiger partial charge in [-0.2, -0.15) is 0 Å². The van der Waals surface area contributed by atoms with Crippen LogP contribution in [-0.2, 0) is 0 Å². The second kappa shape index (κ2) is 24.0. The molecule has 42 valence electrons. The predicted molar refractivity (Wildman–Crippen MR) is 38.0 cm³/mol. The average Bonchev–Trinajstić information content (AvgIpc) is 1.75. The monoisotopic (exact) mass is 170 g/mol. The third-order valence-electron chi connectivity index (χ3n) is 0.493. The van der Waals surface area contributed by atoms with Gasteiger partial charge in [0.2, 0.25) is 0 Å². The van der Waals surface area contributed by atoms with Crippen LogP contribution in [0, 0.1) is 10.8 Å². The standard InChI is InChI=1S/C3H10Si2.K.N2.H/c1-2-3-5-4;;1-2;/h2H,1,3,5H2,4H3;;;/q;+1;;-1. The molecule has 0 unspecified atom stereocenters. The van der Waals surface area contributed by atoms with E-state index < -0.39 is 0 Å². The van der Waals surface area contributed by atoms with Crippen molar-refractivity contribution in [2.45, 2.75) is 6.04 Å². The smallest absolute Gasteiger partial charge is 1.00 e. The van der Waals surface area contributed by atoms with E-state index in [-0.39, 0.29) is 52.8 Å². The van der Waals surface area contributed by atoms with Crippen LogP contribution in [0.25, 0.3) is 0 Å². The van der Waals surface area contributed by atoms with Gasteiger partial charge in [-0.3, -0.25) is 0 Å². The zero-order valence-corrected chi connectivity index (χ0v) is 12.1. The van der Waals surface area contributed by atoms with Crippen molar-refractivity contribution in [2.75, 3.05) is 0 Å². The molecule has 0 aliphatic carbocycles. The Morgan fingerprint density at radius 2 is 2.12 bits per heavy atom. The zero-order valence-electron chi connectivity index (χ0n) is 6.59. The normalized spacial score (nSPS) is 6.75. The number of nitrogens with zero attached hydrogens (tertiary/aromatic N) is 2. The molecule has 0 saturated heterocycles. The van der Waals surface area contributed by atoms with Crippen molar-refractivity contribution in [3.63, 3.8) is 0 Å². The number of allylic oxidation sites excluding steroid dienone is 1. The maximum absolute atomic E-state index is 6.00. The molecule has 0 atom stereocenters. The van der Waals surface area contributed by atoms with Gasteiger partial charge in [0.05, 0.1) is 0 Å². The van der Waals surface area contributed by atoms with Gasteiger partial charge in [-0.25, -0.2) is 0 Å². The zero-order chi connectivity index (χ0) is 6.12. The van der Waals surface area contributed by atoms with E-state index in [1.807, 2.05) is 6.08 Å². The van der Waals surface area contributed by atoms with E-state index in [2.05, 4.69) is 6.58 Å².